The van der Waals surface area contributed by atoms with Crippen LogP contribution in [0.25, 0.3) is 11.0 Å². The van der Waals surface area contributed by atoms with Gasteiger partial charge in [0.25, 0.3) is 0 Å². The predicted octanol–water partition coefficient (Wildman–Crippen LogP) is 0.796. The van der Waals surface area contributed by atoms with Crippen molar-refractivity contribution in [3.05, 3.63) is 17.8 Å². The summed E-state index contributed by atoms with van der Waals surface area (Å²) in [5.41, 5.74) is 2.27. The zero-order chi connectivity index (χ0) is 17.8. The third kappa shape index (κ3) is 4.02. The number of anilines is 2. The van der Waals surface area contributed by atoms with E-state index in [1.54, 1.807) is 13.0 Å². The lowest BCUT2D eigenvalue weighted by atomic mass is 10.3. The van der Waals surface area contributed by atoms with Gasteiger partial charge >= 0.3 is 0 Å². The van der Waals surface area contributed by atoms with E-state index in [9.17, 15) is 4.79 Å². The molecule has 2 aromatic rings. The van der Waals surface area contributed by atoms with Gasteiger partial charge in [-0.05, 0) is 19.1 Å². The summed E-state index contributed by atoms with van der Waals surface area (Å²) in [6.45, 7) is 8.07. The van der Waals surface area contributed by atoms with E-state index in [2.05, 4.69) is 30.1 Å². The highest BCUT2D eigenvalue weighted by Crippen LogP contribution is 2.20. The van der Waals surface area contributed by atoms with Gasteiger partial charge in [-0.3, -0.25) is 9.69 Å². The Morgan fingerprint density at radius 3 is 2.64 bits per heavy atom. The van der Waals surface area contributed by atoms with Crippen LogP contribution in [0.1, 0.15) is 19.0 Å². The summed E-state index contributed by atoms with van der Waals surface area (Å²) in [6, 6.07) is 3.64. The Bertz CT molecular complexity index is 758. The second-order valence-electron chi connectivity index (χ2n) is 6.13. The molecule has 2 N–H and O–H groups in total. The van der Waals surface area contributed by atoms with Crippen molar-refractivity contribution < 1.29 is 9.90 Å². The van der Waals surface area contributed by atoms with Gasteiger partial charge in [0.2, 0.25) is 11.9 Å². The number of aryl methyl sites for hydroxylation is 1. The maximum absolute atomic E-state index is 11.5. The minimum absolute atomic E-state index is 0.0669. The topological polar surface area (TPSA) is 94.5 Å². The van der Waals surface area contributed by atoms with E-state index in [0.717, 1.165) is 37.4 Å². The number of nitrogens with zero attached hydrogens (tertiary/aromatic N) is 5. The molecule has 1 fully saturated rings. The van der Waals surface area contributed by atoms with Crippen molar-refractivity contribution >= 4 is 28.7 Å². The molecule has 3 rings (SSSR count). The number of aromatic nitrogens is 3. The van der Waals surface area contributed by atoms with Gasteiger partial charge in [-0.2, -0.15) is 0 Å². The van der Waals surface area contributed by atoms with Crippen LogP contribution in [-0.4, -0.2) is 70.2 Å². The monoisotopic (exact) mass is 344 g/mol. The Morgan fingerprint density at radius 2 is 1.96 bits per heavy atom. The molecule has 1 saturated heterocycles. The third-order valence-corrected chi connectivity index (χ3v) is 4.36. The zero-order valence-corrected chi connectivity index (χ0v) is 14.7. The summed E-state index contributed by atoms with van der Waals surface area (Å²) in [7, 11) is 0. The molecule has 134 valence electrons. The van der Waals surface area contributed by atoms with E-state index in [4.69, 9.17) is 5.11 Å². The fourth-order valence-corrected chi connectivity index (χ4v) is 2.90. The lowest BCUT2D eigenvalue weighted by Gasteiger charge is -2.34. The summed E-state index contributed by atoms with van der Waals surface area (Å²) in [5, 5.41) is 11.8. The van der Waals surface area contributed by atoms with Gasteiger partial charge in [0.15, 0.2) is 0 Å². The van der Waals surface area contributed by atoms with Gasteiger partial charge in [-0.15, -0.1) is 0 Å². The molecule has 0 bridgehead atoms. The molecule has 8 nitrogen and oxygen atoms in total. The molecule has 1 aliphatic rings. The highest BCUT2D eigenvalue weighted by Gasteiger charge is 2.19. The Balaban J connectivity index is 1.80. The fourth-order valence-electron chi connectivity index (χ4n) is 2.90. The van der Waals surface area contributed by atoms with E-state index in [0.29, 0.717) is 30.2 Å². The fraction of sp³-hybridized carbons (Fsp3) is 0.529. The predicted molar refractivity (Wildman–Crippen MR) is 96.7 cm³/mol. The molecule has 0 spiro atoms. The van der Waals surface area contributed by atoms with Crippen LogP contribution < -0.4 is 10.2 Å². The number of rotatable bonds is 5. The number of aliphatic hydroxyl groups excluding tert-OH is 1. The Kier molecular flexibility index (Phi) is 5.40. The van der Waals surface area contributed by atoms with Crippen molar-refractivity contribution in [1.29, 1.82) is 0 Å². The molecular formula is C17H24N6O2. The summed E-state index contributed by atoms with van der Waals surface area (Å²) in [5.74, 6) is 1.17. The molecule has 0 atom stereocenters. The normalized spacial score (nSPS) is 15.6. The van der Waals surface area contributed by atoms with Crippen LogP contribution in [-0.2, 0) is 4.79 Å². The lowest BCUT2D eigenvalue weighted by Crippen LogP contribution is -2.47. The number of carbonyl (C=O) groups is 1. The average molecular weight is 344 g/mol. The number of amides is 1. The van der Waals surface area contributed by atoms with Crippen molar-refractivity contribution in [3.8, 4) is 0 Å². The Labute approximate surface area is 146 Å². The number of pyridine rings is 1. The van der Waals surface area contributed by atoms with Crippen LogP contribution in [0.3, 0.4) is 0 Å². The van der Waals surface area contributed by atoms with E-state index < -0.39 is 0 Å². The first-order valence-electron chi connectivity index (χ1n) is 8.64. The minimum atomic E-state index is -0.0669. The van der Waals surface area contributed by atoms with Crippen molar-refractivity contribution in [2.24, 2.45) is 0 Å². The molecular weight excluding hydrogens is 320 g/mol. The minimum Gasteiger partial charge on any atom is -0.395 e. The molecule has 0 unspecified atom stereocenters. The molecule has 3 heterocycles. The van der Waals surface area contributed by atoms with Gasteiger partial charge in [0.05, 0.1) is 17.8 Å². The summed E-state index contributed by atoms with van der Waals surface area (Å²) in [6.07, 6.45) is 0.413. The largest absolute Gasteiger partial charge is 0.395 e. The quantitative estimate of drug-likeness (QED) is 0.828. The maximum Gasteiger partial charge on any atom is 0.226 e. The van der Waals surface area contributed by atoms with Gasteiger partial charge in [-0.25, -0.2) is 15.0 Å². The first kappa shape index (κ1) is 17.5. The highest BCUT2D eigenvalue weighted by molar-refractivity contribution is 5.91. The summed E-state index contributed by atoms with van der Waals surface area (Å²) in [4.78, 5) is 29.6. The Hall–Kier alpha value is -2.32. The van der Waals surface area contributed by atoms with E-state index >= 15 is 0 Å². The zero-order valence-electron chi connectivity index (χ0n) is 14.7. The van der Waals surface area contributed by atoms with Crippen molar-refractivity contribution in [1.82, 2.24) is 19.9 Å². The van der Waals surface area contributed by atoms with Crippen LogP contribution in [0.15, 0.2) is 12.1 Å². The molecule has 2 aromatic heterocycles. The highest BCUT2D eigenvalue weighted by atomic mass is 16.3. The number of β-amino-alcohol motifs (C(OH)–C–C–N with tert-alkyl or cyclic N) is 1. The SMILES string of the molecule is CCC(=O)Nc1ccc2nc(N3CCN(CCO)CC3)nc(C)c2n1. The van der Waals surface area contributed by atoms with Gasteiger partial charge in [0, 0.05) is 39.1 Å². The number of hydrogen-bond donors (Lipinski definition) is 2. The number of nitrogens with one attached hydrogen (secondary N) is 1. The third-order valence-electron chi connectivity index (χ3n) is 4.36. The maximum atomic E-state index is 11.5. The molecule has 8 heteroatoms. The molecule has 0 radical (unpaired) electrons. The lowest BCUT2D eigenvalue weighted by molar-refractivity contribution is -0.115. The number of carbonyl (C=O) groups excluding carboxylic acids is 1. The first-order valence-corrected chi connectivity index (χ1v) is 8.64. The average Bonchev–Trinajstić information content (AvgIpc) is 2.63. The number of hydrogen-bond acceptors (Lipinski definition) is 7. The van der Waals surface area contributed by atoms with Gasteiger partial charge in [0.1, 0.15) is 11.3 Å². The first-order chi connectivity index (χ1) is 12.1. The smallest absolute Gasteiger partial charge is 0.226 e. The number of piperazine rings is 1. The summed E-state index contributed by atoms with van der Waals surface area (Å²) >= 11 is 0. The van der Waals surface area contributed by atoms with Crippen LogP contribution >= 0.6 is 0 Å². The van der Waals surface area contributed by atoms with E-state index in [-0.39, 0.29) is 12.5 Å². The molecule has 0 aromatic carbocycles. The van der Waals surface area contributed by atoms with Crippen LogP contribution in [0.5, 0.6) is 0 Å². The van der Waals surface area contributed by atoms with Gasteiger partial charge in [-0.1, -0.05) is 6.92 Å². The molecule has 0 aliphatic carbocycles. The number of aliphatic hydroxyl groups is 1. The second-order valence-corrected chi connectivity index (χ2v) is 6.13. The second kappa shape index (κ2) is 7.71. The standard InChI is InChI=1S/C17H24N6O2/c1-3-15(25)20-14-5-4-13-16(21-14)12(2)18-17(19-13)23-8-6-22(7-9-23)10-11-24/h4-5,24H,3,6-11H2,1-2H3,(H,20,21,25). The van der Waals surface area contributed by atoms with Crippen LogP contribution in [0.2, 0.25) is 0 Å². The van der Waals surface area contributed by atoms with Crippen LogP contribution in [0.4, 0.5) is 11.8 Å². The number of fused-ring (bicyclic) bond motifs is 1. The van der Waals surface area contributed by atoms with Crippen molar-refractivity contribution in [2.45, 2.75) is 20.3 Å². The Morgan fingerprint density at radius 1 is 1.20 bits per heavy atom. The van der Waals surface area contributed by atoms with Gasteiger partial charge < -0.3 is 15.3 Å². The molecule has 1 amide bonds. The summed E-state index contributed by atoms with van der Waals surface area (Å²) < 4.78 is 0. The molecule has 1 aliphatic heterocycles. The van der Waals surface area contributed by atoms with E-state index in [1.807, 2.05) is 13.0 Å². The van der Waals surface area contributed by atoms with Crippen molar-refractivity contribution in [3.63, 3.8) is 0 Å². The molecule has 25 heavy (non-hydrogen) atoms. The van der Waals surface area contributed by atoms with Crippen LogP contribution in [0, 0.1) is 6.92 Å². The van der Waals surface area contributed by atoms with E-state index in [1.165, 1.54) is 0 Å². The van der Waals surface area contributed by atoms with Crippen molar-refractivity contribution in [2.75, 3.05) is 49.5 Å². The molecule has 0 saturated carbocycles.